The lowest BCUT2D eigenvalue weighted by molar-refractivity contribution is 0.102. The third kappa shape index (κ3) is 2.15. The van der Waals surface area contributed by atoms with Crippen molar-refractivity contribution in [1.82, 2.24) is 14.4 Å². The SMILES string of the molecule is Cc1c(Br)nc2ccc(NC(=O)c3cc[nH]c3)cn12. The number of H-pyrrole nitrogens is 1. The summed E-state index contributed by atoms with van der Waals surface area (Å²) in [6.07, 6.45) is 5.23. The summed E-state index contributed by atoms with van der Waals surface area (Å²) in [4.78, 5) is 19.1. The first-order chi connectivity index (χ1) is 9.15. The van der Waals surface area contributed by atoms with Crippen molar-refractivity contribution in [2.24, 2.45) is 0 Å². The second-order valence-corrected chi connectivity index (χ2v) is 4.94. The van der Waals surface area contributed by atoms with E-state index in [1.54, 1.807) is 18.5 Å². The molecule has 6 heteroatoms. The number of carbonyl (C=O) groups is 1. The molecule has 0 fully saturated rings. The maximum Gasteiger partial charge on any atom is 0.257 e. The number of nitrogens with one attached hydrogen (secondary N) is 2. The Morgan fingerprint density at radius 1 is 1.42 bits per heavy atom. The molecule has 0 saturated heterocycles. The number of amides is 1. The van der Waals surface area contributed by atoms with Gasteiger partial charge in [-0.2, -0.15) is 0 Å². The molecule has 0 aromatic carbocycles. The van der Waals surface area contributed by atoms with Crippen molar-refractivity contribution in [3.63, 3.8) is 0 Å². The fourth-order valence-corrected chi connectivity index (χ4v) is 2.25. The highest BCUT2D eigenvalue weighted by Crippen LogP contribution is 2.19. The van der Waals surface area contributed by atoms with Crippen LogP contribution in [0.15, 0.2) is 41.4 Å². The largest absolute Gasteiger partial charge is 0.367 e. The monoisotopic (exact) mass is 318 g/mol. The summed E-state index contributed by atoms with van der Waals surface area (Å²) >= 11 is 3.39. The van der Waals surface area contributed by atoms with Gasteiger partial charge in [0.2, 0.25) is 0 Å². The molecule has 0 aliphatic carbocycles. The van der Waals surface area contributed by atoms with Crippen LogP contribution in [-0.4, -0.2) is 20.3 Å². The molecule has 0 aliphatic heterocycles. The predicted molar refractivity (Wildman–Crippen MR) is 76.4 cm³/mol. The molecule has 3 heterocycles. The van der Waals surface area contributed by atoms with E-state index in [2.05, 4.69) is 31.2 Å². The van der Waals surface area contributed by atoms with E-state index in [0.717, 1.165) is 21.6 Å². The van der Waals surface area contributed by atoms with Crippen molar-refractivity contribution in [3.8, 4) is 0 Å². The molecule has 0 radical (unpaired) electrons. The number of nitrogens with zero attached hydrogens (tertiary/aromatic N) is 2. The molecule has 0 saturated carbocycles. The van der Waals surface area contributed by atoms with Gasteiger partial charge in [0.05, 0.1) is 16.9 Å². The van der Waals surface area contributed by atoms with E-state index in [9.17, 15) is 4.79 Å². The molecule has 0 aliphatic rings. The molecular formula is C13H11BrN4O. The summed E-state index contributed by atoms with van der Waals surface area (Å²) < 4.78 is 2.73. The predicted octanol–water partition coefficient (Wildman–Crippen LogP) is 2.99. The number of aromatic amines is 1. The number of imidazole rings is 1. The van der Waals surface area contributed by atoms with Crippen LogP contribution in [0, 0.1) is 6.92 Å². The molecule has 3 aromatic heterocycles. The van der Waals surface area contributed by atoms with Gasteiger partial charge in [0.1, 0.15) is 10.3 Å². The van der Waals surface area contributed by atoms with E-state index in [1.807, 2.05) is 29.7 Å². The van der Waals surface area contributed by atoms with Crippen molar-refractivity contribution in [2.45, 2.75) is 6.92 Å². The van der Waals surface area contributed by atoms with Crippen LogP contribution in [-0.2, 0) is 0 Å². The number of hydrogen-bond donors (Lipinski definition) is 2. The number of aryl methyl sites for hydroxylation is 1. The van der Waals surface area contributed by atoms with Crippen LogP contribution in [0.5, 0.6) is 0 Å². The molecule has 0 spiro atoms. The molecule has 3 aromatic rings. The van der Waals surface area contributed by atoms with Gasteiger partial charge < -0.3 is 14.7 Å². The normalized spacial score (nSPS) is 10.8. The fourth-order valence-electron chi connectivity index (χ4n) is 1.88. The highest BCUT2D eigenvalue weighted by atomic mass is 79.9. The van der Waals surface area contributed by atoms with Crippen LogP contribution >= 0.6 is 15.9 Å². The summed E-state index contributed by atoms with van der Waals surface area (Å²) in [6.45, 7) is 1.96. The Morgan fingerprint density at radius 3 is 3.00 bits per heavy atom. The van der Waals surface area contributed by atoms with Gasteiger partial charge in [-0.25, -0.2) is 4.98 Å². The number of anilines is 1. The maximum absolute atomic E-state index is 11.9. The van der Waals surface area contributed by atoms with Crippen LogP contribution in [0.2, 0.25) is 0 Å². The minimum absolute atomic E-state index is 0.141. The number of carbonyl (C=O) groups excluding carboxylic acids is 1. The van der Waals surface area contributed by atoms with E-state index in [4.69, 9.17) is 0 Å². The van der Waals surface area contributed by atoms with Crippen LogP contribution < -0.4 is 5.32 Å². The topological polar surface area (TPSA) is 62.2 Å². The van der Waals surface area contributed by atoms with Gasteiger partial charge >= 0.3 is 0 Å². The van der Waals surface area contributed by atoms with E-state index < -0.39 is 0 Å². The molecule has 1 amide bonds. The average Bonchev–Trinajstić information content (AvgIpc) is 3.01. The fraction of sp³-hybridized carbons (Fsp3) is 0.0769. The van der Waals surface area contributed by atoms with Crippen LogP contribution in [0.25, 0.3) is 5.65 Å². The van der Waals surface area contributed by atoms with Gasteiger partial charge in [0.25, 0.3) is 5.91 Å². The van der Waals surface area contributed by atoms with Crippen molar-refractivity contribution >= 4 is 33.2 Å². The van der Waals surface area contributed by atoms with Gasteiger partial charge in [0.15, 0.2) is 0 Å². The van der Waals surface area contributed by atoms with Crippen molar-refractivity contribution < 1.29 is 4.79 Å². The highest BCUT2D eigenvalue weighted by molar-refractivity contribution is 9.10. The first-order valence-corrected chi connectivity index (χ1v) is 6.53. The first-order valence-electron chi connectivity index (χ1n) is 5.73. The summed E-state index contributed by atoms with van der Waals surface area (Å²) in [5.41, 5.74) is 3.16. The van der Waals surface area contributed by atoms with E-state index in [-0.39, 0.29) is 5.91 Å². The summed E-state index contributed by atoms with van der Waals surface area (Å²) in [5.74, 6) is -0.141. The van der Waals surface area contributed by atoms with Crippen LogP contribution in [0.3, 0.4) is 0 Å². The minimum atomic E-state index is -0.141. The molecule has 96 valence electrons. The first kappa shape index (κ1) is 12.0. The average molecular weight is 319 g/mol. The van der Waals surface area contributed by atoms with Gasteiger partial charge in [-0.05, 0) is 41.1 Å². The van der Waals surface area contributed by atoms with Gasteiger partial charge in [0, 0.05) is 18.6 Å². The zero-order valence-corrected chi connectivity index (χ0v) is 11.7. The van der Waals surface area contributed by atoms with E-state index in [0.29, 0.717) is 5.56 Å². The van der Waals surface area contributed by atoms with Crippen molar-refractivity contribution in [2.75, 3.05) is 5.32 Å². The molecule has 5 nitrogen and oxygen atoms in total. The molecule has 3 rings (SSSR count). The standard InChI is InChI=1S/C13H11BrN4O/c1-8-12(14)17-11-3-2-10(7-18(8)11)16-13(19)9-4-5-15-6-9/h2-7,15H,1H3,(H,16,19). The molecule has 0 atom stereocenters. The molecular weight excluding hydrogens is 308 g/mol. The summed E-state index contributed by atoms with van der Waals surface area (Å²) in [5, 5.41) is 2.85. The molecule has 0 unspecified atom stereocenters. The van der Waals surface area contributed by atoms with E-state index >= 15 is 0 Å². The smallest absolute Gasteiger partial charge is 0.257 e. The molecule has 19 heavy (non-hydrogen) atoms. The third-order valence-electron chi connectivity index (χ3n) is 2.92. The maximum atomic E-state index is 11.9. The molecule has 2 N–H and O–H groups in total. The Kier molecular flexibility index (Phi) is 2.87. The number of halogens is 1. The van der Waals surface area contributed by atoms with Crippen molar-refractivity contribution in [1.29, 1.82) is 0 Å². The number of rotatable bonds is 2. The lowest BCUT2D eigenvalue weighted by atomic mass is 10.3. The van der Waals surface area contributed by atoms with Gasteiger partial charge in [-0.1, -0.05) is 0 Å². The Bertz CT molecular complexity index is 745. The minimum Gasteiger partial charge on any atom is -0.367 e. The Hall–Kier alpha value is -2.08. The van der Waals surface area contributed by atoms with Gasteiger partial charge in [-0.15, -0.1) is 0 Å². The zero-order chi connectivity index (χ0) is 13.4. The number of hydrogen-bond acceptors (Lipinski definition) is 2. The Balaban J connectivity index is 1.93. The quantitative estimate of drug-likeness (QED) is 0.763. The van der Waals surface area contributed by atoms with Crippen molar-refractivity contribution in [3.05, 3.63) is 52.7 Å². The number of pyridine rings is 1. The second kappa shape index (κ2) is 4.55. The van der Waals surface area contributed by atoms with Crippen LogP contribution in [0.4, 0.5) is 5.69 Å². The summed E-state index contributed by atoms with van der Waals surface area (Å²) in [7, 11) is 0. The third-order valence-corrected chi connectivity index (χ3v) is 3.67. The Morgan fingerprint density at radius 2 is 2.26 bits per heavy atom. The lowest BCUT2D eigenvalue weighted by Gasteiger charge is -2.05. The highest BCUT2D eigenvalue weighted by Gasteiger charge is 2.09. The summed E-state index contributed by atoms with van der Waals surface area (Å²) in [6, 6.07) is 5.43. The second-order valence-electron chi connectivity index (χ2n) is 4.19. The lowest BCUT2D eigenvalue weighted by Crippen LogP contribution is -2.11. The molecule has 0 bridgehead atoms. The Labute approximate surface area is 117 Å². The zero-order valence-electron chi connectivity index (χ0n) is 10.1. The van der Waals surface area contributed by atoms with E-state index in [1.165, 1.54) is 0 Å². The van der Waals surface area contributed by atoms with Gasteiger partial charge in [-0.3, -0.25) is 4.79 Å². The van der Waals surface area contributed by atoms with Crippen LogP contribution in [0.1, 0.15) is 16.1 Å². The number of aromatic nitrogens is 3. The number of fused-ring (bicyclic) bond motifs is 1.